The minimum atomic E-state index is -0.255. The molecule has 0 spiro atoms. The molecule has 0 bridgehead atoms. The van der Waals surface area contributed by atoms with Crippen molar-refractivity contribution in [2.75, 3.05) is 46.0 Å². The number of nitrogens with two attached hydrogens (primary N) is 1. The maximum absolute atomic E-state index is 12.1. The van der Waals surface area contributed by atoms with Crippen LogP contribution in [0.25, 0.3) is 0 Å². The lowest BCUT2D eigenvalue weighted by Gasteiger charge is -2.19. The highest BCUT2D eigenvalue weighted by Crippen LogP contribution is 2.17. The largest absolute Gasteiger partial charge is 0.374 e. The second kappa shape index (κ2) is 7.50. The molecular weight excluding hydrogens is 304 g/mol. The van der Waals surface area contributed by atoms with Gasteiger partial charge in [-0.3, -0.25) is 9.59 Å². The van der Waals surface area contributed by atoms with Gasteiger partial charge in [0.1, 0.15) is 5.01 Å². The first-order valence-corrected chi connectivity index (χ1v) is 8.05. The van der Waals surface area contributed by atoms with Gasteiger partial charge in [-0.2, -0.15) is 0 Å². The average Bonchev–Trinajstić information content (AvgIpc) is 3.03. The van der Waals surface area contributed by atoms with Crippen LogP contribution >= 0.6 is 11.3 Å². The van der Waals surface area contributed by atoms with Crippen LogP contribution < -0.4 is 11.1 Å². The molecule has 0 aliphatic carbocycles. The first kappa shape index (κ1) is 16.6. The Morgan fingerprint density at radius 1 is 1.50 bits per heavy atom. The van der Waals surface area contributed by atoms with Crippen LogP contribution in [0.4, 0.5) is 5.13 Å². The summed E-state index contributed by atoms with van der Waals surface area (Å²) in [6, 6.07) is 0. The maximum Gasteiger partial charge on any atom is 0.225 e. The average molecular weight is 326 g/mol. The predicted octanol–water partition coefficient (Wildman–Crippen LogP) is -0.811. The minimum absolute atomic E-state index is 0.0545. The van der Waals surface area contributed by atoms with Crippen molar-refractivity contribution >= 4 is 28.3 Å². The fourth-order valence-corrected chi connectivity index (χ4v) is 2.90. The molecule has 0 radical (unpaired) electrons. The summed E-state index contributed by atoms with van der Waals surface area (Å²) in [5, 5.41) is 11.7. The van der Waals surface area contributed by atoms with E-state index < -0.39 is 0 Å². The molecule has 0 aromatic carbocycles. The summed E-state index contributed by atoms with van der Waals surface area (Å²) in [7, 11) is 3.93. The van der Waals surface area contributed by atoms with Crippen LogP contribution in [-0.2, 0) is 16.0 Å². The number of hydrogen-bond donors (Lipinski definition) is 2. The molecule has 0 saturated carbocycles. The normalized spacial score (nSPS) is 18.2. The number of carbonyl (C=O) groups is 2. The third-order valence-corrected chi connectivity index (χ3v) is 4.34. The molecule has 2 amide bonds. The number of nitrogens with one attached hydrogen (secondary N) is 1. The highest BCUT2D eigenvalue weighted by molar-refractivity contribution is 7.15. The van der Waals surface area contributed by atoms with Gasteiger partial charge in [-0.25, -0.2) is 0 Å². The number of likely N-dealkylation sites (N-methyl/N-ethyl adjacent to an activating group) is 1. The van der Waals surface area contributed by atoms with Gasteiger partial charge in [0.15, 0.2) is 0 Å². The molecule has 1 saturated heterocycles. The summed E-state index contributed by atoms with van der Waals surface area (Å²) in [6.07, 6.45) is 0.899. The van der Waals surface area contributed by atoms with Gasteiger partial charge in [-0.1, -0.05) is 11.3 Å². The van der Waals surface area contributed by atoms with Crippen molar-refractivity contribution in [1.82, 2.24) is 25.3 Å². The van der Waals surface area contributed by atoms with Crippen molar-refractivity contribution in [1.29, 1.82) is 0 Å². The molecule has 3 N–H and O–H groups in total. The van der Waals surface area contributed by atoms with Crippen LogP contribution in [0.15, 0.2) is 0 Å². The van der Waals surface area contributed by atoms with Gasteiger partial charge in [0.25, 0.3) is 0 Å². The Kier molecular flexibility index (Phi) is 5.67. The zero-order valence-electron chi connectivity index (χ0n) is 12.9. The van der Waals surface area contributed by atoms with E-state index in [2.05, 4.69) is 15.5 Å². The molecule has 122 valence electrons. The van der Waals surface area contributed by atoms with E-state index in [1.165, 1.54) is 11.3 Å². The van der Waals surface area contributed by atoms with Crippen molar-refractivity contribution in [2.45, 2.75) is 12.8 Å². The molecule has 9 heteroatoms. The smallest absolute Gasteiger partial charge is 0.225 e. The lowest BCUT2D eigenvalue weighted by atomic mass is 10.1. The lowest BCUT2D eigenvalue weighted by molar-refractivity contribution is -0.129. The zero-order valence-corrected chi connectivity index (χ0v) is 13.7. The fourth-order valence-electron chi connectivity index (χ4n) is 2.29. The molecule has 2 rings (SSSR count). The van der Waals surface area contributed by atoms with E-state index in [1.807, 2.05) is 19.0 Å². The van der Waals surface area contributed by atoms with Gasteiger partial charge >= 0.3 is 0 Å². The Bertz CT molecular complexity index is 532. The molecule has 8 nitrogen and oxygen atoms in total. The number of amides is 2. The first-order valence-electron chi connectivity index (χ1n) is 7.23. The summed E-state index contributed by atoms with van der Waals surface area (Å²) in [6.45, 7) is 2.46. The maximum atomic E-state index is 12.1. The monoisotopic (exact) mass is 326 g/mol. The van der Waals surface area contributed by atoms with Gasteiger partial charge in [-0.05, 0) is 14.1 Å². The van der Waals surface area contributed by atoms with E-state index in [0.29, 0.717) is 37.6 Å². The number of hydrogen-bond acceptors (Lipinski definition) is 7. The molecule has 1 aromatic rings. The molecule has 1 aliphatic rings. The third kappa shape index (κ3) is 4.63. The van der Waals surface area contributed by atoms with E-state index in [-0.39, 0.29) is 17.7 Å². The van der Waals surface area contributed by atoms with Crippen molar-refractivity contribution in [3.05, 3.63) is 5.01 Å². The van der Waals surface area contributed by atoms with E-state index in [1.54, 1.807) is 4.90 Å². The number of rotatable bonds is 7. The van der Waals surface area contributed by atoms with Gasteiger partial charge in [0.05, 0.1) is 5.92 Å². The van der Waals surface area contributed by atoms with Crippen molar-refractivity contribution in [3.63, 3.8) is 0 Å². The van der Waals surface area contributed by atoms with E-state index in [9.17, 15) is 9.59 Å². The van der Waals surface area contributed by atoms with Crippen molar-refractivity contribution in [2.24, 2.45) is 5.92 Å². The summed E-state index contributed by atoms with van der Waals surface area (Å²) < 4.78 is 0. The van der Waals surface area contributed by atoms with Gasteiger partial charge in [0.2, 0.25) is 16.9 Å². The lowest BCUT2D eigenvalue weighted by Crippen LogP contribution is -2.36. The Hall–Kier alpha value is -1.74. The van der Waals surface area contributed by atoms with Gasteiger partial charge in [0, 0.05) is 39.0 Å². The van der Waals surface area contributed by atoms with Crippen LogP contribution in [0.2, 0.25) is 0 Å². The number of nitrogen functional groups attached to an aromatic ring is 1. The Morgan fingerprint density at radius 2 is 2.27 bits per heavy atom. The summed E-state index contributed by atoms with van der Waals surface area (Å²) in [5.41, 5.74) is 5.50. The highest BCUT2D eigenvalue weighted by atomic mass is 32.1. The van der Waals surface area contributed by atoms with Crippen molar-refractivity contribution in [3.8, 4) is 0 Å². The number of carbonyl (C=O) groups excluding carboxylic acids is 2. The number of nitrogens with zero attached hydrogens (tertiary/aromatic N) is 4. The van der Waals surface area contributed by atoms with Gasteiger partial charge in [-0.15, -0.1) is 10.2 Å². The fraction of sp³-hybridized carbons (Fsp3) is 0.692. The quantitative estimate of drug-likeness (QED) is 0.679. The standard InChI is InChI=1S/C13H22N6O2S/c1-18(2)5-6-19-8-9(7-11(19)20)12(21)15-4-3-10-16-17-13(14)22-10/h9H,3-8H2,1-2H3,(H2,14,17)(H,15,21)/t9-/m1/s1. The summed E-state index contributed by atoms with van der Waals surface area (Å²) >= 11 is 1.32. The molecule has 1 aromatic heterocycles. The zero-order chi connectivity index (χ0) is 16.1. The molecular formula is C13H22N6O2S. The van der Waals surface area contributed by atoms with E-state index in [0.717, 1.165) is 11.6 Å². The Labute approximate surface area is 133 Å². The number of anilines is 1. The molecule has 2 heterocycles. The first-order chi connectivity index (χ1) is 10.5. The van der Waals surface area contributed by atoms with E-state index in [4.69, 9.17) is 5.73 Å². The summed E-state index contributed by atoms with van der Waals surface area (Å²) in [5.74, 6) is -0.272. The van der Waals surface area contributed by atoms with Crippen LogP contribution in [0, 0.1) is 5.92 Å². The third-order valence-electron chi connectivity index (χ3n) is 3.52. The van der Waals surface area contributed by atoms with Crippen molar-refractivity contribution < 1.29 is 9.59 Å². The van der Waals surface area contributed by atoms with Crippen LogP contribution in [0.1, 0.15) is 11.4 Å². The molecule has 1 atom stereocenters. The van der Waals surface area contributed by atoms with E-state index >= 15 is 0 Å². The second-order valence-corrected chi connectivity index (χ2v) is 6.71. The molecule has 1 aliphatic heterocycles. The topological polar surface area (TPSA) is 104 Å². The van der Waals surface area contributed by atoms with Crippen LogP contribution in [0.3, 0.4) is 0 Å². The SMILES string of the molecule is CN(C)CCN1C[C@H](C(=O)NCCc2nnc(N)s2)CC1=O. The molecule has 22 heavy (non-hydrogen) atoms. The second-order valence-electron chi connectivity index (χ2n) is 5.62. The molecule has 0 unspecified atom stereocenters. The number of aromatic nitrogens is 2. The molecule has 1 fully saturated rings. The van der Waals surface area contributed by atoms with Crippen LogP contribution in [-0.4, -0.2) is 72.1 Å². The van der Waals surface area contributed by atoms with Gasteiger partial charge < -0.3 is 20.9 Å². The number of likely N-dealkylation sites (tertiary alicyclic amines) is 1. The predicted molar refractivity (Wildman–Crippen MR) is 84.3 cm³/mol. The highest BCUT2D eigenvalue weighted by Gasteiger charge is 2.33. The Morgan fingerprint density at radius 3 is 2.91 bits per heavy atom. The minimum Gasteiger partial charge on any atom is -0.374 e. The Balaban J connectivity index is 1.72. The van der Waals surface area contributed by atoms with Crippen LogP contribution in [0.5, 0.6) is 0 Å². The summed E-state index contributed by atoms with van der Waals surface area (Å²) in [4.78, 5) is 27.8.